The summed E-state index contributed by atoms with van der Waals surface area (Å²) in [6, 6.07) is 1.45. The molecule has 3 heteroatoms. The minimum atomic E-state index is 0.691. The summed E-state index contributed by atoms with van der Waals surface area (Å²) in [5, 5.41) is 3.87. The molecule has 0 aromatic rings. The van der Waals surface area contributed by atoms with Crippen LogP contribution < -0.4 is 5.32 Å². The fraction of sp³-hybridized carbons (Fsp3) is 1.00. The normalized spacial score (nSPS) is 30.6. The van der Waals surface area contributed by atoms with Crippen LogP contribution in [0.15, 0.2) is 0 Å². The molecule has 1 N–H and O–H groups in total. The average molecular weight is 282 g/mol. The van der Waals surface area contributed by atoms with Crippen molar-refractivity contribution in [2.24, 2.45) is 11.8 Å². The zero-order chi connectivity index (χ0) is 14.4. The number of nitrogens with one attached hydrogen (secondary N) is 1. The summed E-state index contributed by atoms with van der Waals surface area (Å²) in [6.45, 7) is 12.3. The molecule has 3 nitrogen and oxygen atoms in total. The van der Waals surface area contributed by atoms with Gasteiger partial charge in [-0.15, -0.1) is 0 Å². The minimum Gasteiger partial charge on any atom is -0.379 e. The summed E-state index contributed by atoms with van der Waals surface area (Å²) < 4.78 is 5.50. The lowest BCUT2D eigenvalue weighted by Crippen LogP contribution is -2.50. The molecule has 1 aliphatic carbocycles. The molecule has 1 saturated heterocycles. The molecule has 2 rings (SSSR count). The van der Waals surface area contributed by atoms with Crippen LogP contribution in [0.1, 0.15) is 52.9 Å². The van der Waals surface area contributed by atoms with E-state index in [0.29, 0.717) is 6.04 Å². The van der Waals surface area contributed by atoms with Gasteiger partial charge in [0, 0.05) is 31.7 Å². The third-order valence-electron chi connectivity index (χ3n) is 4.88. The molecule has 1 aliphatic heterocycles. The molecule has 0 radical (unpaired) electrons. The van der Waals surface area contributed by atoms with Crippen LogP contribution in [0, 0.1) is 11.8 Å². The number of ether oxygens (including phenoxy) is 1. The summed E-state index contributed by atoms with van der Waals surface area (Å²) >= 11 is 0. The highest BCUT2D eigenvalue weighted by Crippen LogP contribution is 2.24. The number of hydrogen-bond donors (Lipinski definition) is 1. The Morgan fingerprint density at radius 3 is 2.60 bits per heavy atom. The minimum absolute atomic E-state index is 0.691. The Morgan fingerprint density at radius 2 is 1.95 bits per heavy atom. The molecule has 0 aromatic heterocycles. The quantitative estimate of drug-likeness (QED) is 0.811. The van der Waals surface area contributed by atoms with Gasteiger partial charge in [0.05, 0.1) is 13.2 Å². The maximum absolute atomic E-state index is 5.50. The highest BCUT2D eigenvalue weighted by molar-refractivity contribution is 4.82. The van der Waals surface area contributed by atoms with Crippen molar-refractivity contribution in [3.8, 4) is 0 Å². The fourth-order valence-corrected chi connectivity index (χ4v) is 3.77. The summed E-state index contributed by atoms with van der Waals surface area (Å²) in [5.74, 6) is 1.68. The van der Waals surface area contributed by atoms with Gasteiger partial charge in [0.2, 0.25) is 0 Å². The van der Waals surface area contributed by atoms with E-state index in [2.05, 4.69) is 31.0 Å². The molecule has 2 fully saturated rings. The van der Waals surface area contributed by atoms with E-state index in [1.54, 1.807) is 0 Å². The Hall–Kier alpha value is -0.120. The molecular formula is C17H34N2O. The second-order valence-corrected chi connectivity index (χ2v) is 7.31. The van der Waals surface area contributed by atoms with Gasteiger partial charge in [-0.1, -0.05) is 33.6 Å². The molecule has 3 atom stereocenters. The molecule has 3 unspecified atom stereocenters. The van der Waals surface area contributed by atoms with E-state index in [4.69, 9.17) is 4.74 Å². The monoisotopic (exact) mass is 282 g/mol. The second-order valence-electron chi connectivity index (χ2n) is 7.31. The van der Waals surface area contributed by atoms with E-state index in [1.807, 2.05) is 0 Å². The van der Waals surface area contributed by atoms with Gasteiger partial charge in [-0.25, -0.2) is 0 Å². The molecular weight excluding hydrogens is 248 g/mol. The predicted octanol–water partition coefficient (Wildman–Crippen LogP) is 2.90. The van der Waals surface area contributed by atoms with Gasteiger partial charge in [-0.2, -0.15) is 0 Å². The fourth-order valence-electron chi connectivity index (χ4n) is 3.77. The van der Waals surface area contributed by atoms with Gasteiger partial charge in [-0.05, 0) is 31.1 Å². The number of nitrogens with zero attached hydrogens (tertiary/aromatic N) is 1. The van der Waals surface area contributed by atoms with Crippen LogP contribution in [0.2, 0.25) is 0 Å². The zero-order valence-electron chi connectivity index (χ0n) is 13.7. The van der Waals surface area contributed by atoms with Crippen LogP contribution in [-0.2, 0) is 4.74 Å². The van der Waals surface area contributed by atoms with Crippen molar-refractivity contribution in [3.05, 3.63) is 0 Å². The molecule has 0 aromatic carbocycles. The van der Waals surface area contributed by atoms with E-state index in [-0.39, 0.29) is 0 Å². The summed E-state index contributed by atoms with van der Waals surface area (Å²) in [6.07, 6.45) is 6.89. The molecule has 1 saturated carbocycles. The maximum atomic E-state index is 5.50. The number of hydrogen-bond acceptors (Lipinski definition) is 3. The maximum Gasteiger partial charge on any atom is 0.0594 e. The molecule has 118 valence electrons. The van der Waals surface area contributed by atoms with Gasteiger partial charge in [0.1, 0.15) is 0 Å². The predicted molar refractivity (Wildman–Crippen MR) is 85.1 cm³/mol. The van der Waals surface area contributed by atoms with Crippen molar-refractivity contribution < 1.29 is 4.74 Å². The SMILES string of the molecule is CC(C)CC(CNC1CCCC(C)C1)N1CCOCC1. The lowest BCUT2D eigenvalue weighted by Gasteiger charge is -2.37. The van der Waals surface area contributed by atoms with E-state index >= 15 is 0 Å². The number of morpholine rings is 1. The lowest BCUT2D eigenvalue weighted by molar-refractivity contribution is 0.0114. The first kappa shape index (κ1) is 16.3. The first-order valence-electron chi connectivity index (χ1n) is 8.70. The average Bonchev–Trinajstić information content (AvgIpc) is 2.44. The van der Waals surface area contributed by atoms with Gasteiger partial charge >= 0.3 is 0 Å². The van der Waals surface area contributed by atoms with E-state index in [0.717, 1.165) is 50.7 Å². The van der Waals surface area contributed by atoms with Crippen molar-refractivity contribution in [2.45, 2.75) is 65.0 Å². The molecule has 2 aliphatic rings. The van der Waals surface area contributed by atoms with Crippen LogP contribution in [0.5, 0.6) is 0 Å². The van der Waals surface area contributed by atoms with Crippen LogP contribution in [-0.4, -0.2) is 49.8 Å². The van der Waals surface area contributed by atoms with Crippen molar-refractivity contribution >= 4 is 0 Å². The first-order valence-corrected chi connectivity index (χ1v) is 8.70. The van der Waals surface area contributed by atoms with Crippen molar-refractivity contribution in [1.82, 2.24) is 10.2 Å². The molecule has 0 amide bonds. The lowest BCUT2D eigenvalue weighted by atomic mass is 9.87. The molecule has 20 heavy (non-hydrogen) atoms. The standard InChI is InChI=1S/C17H34N2O/c1-14(2)11-17(19-7-9-20-10-8-19)13-18-16-6-4-5-15(3)12-16/h14-18H,4-13H2,1-3H3. The van der Waals surface area contributed by atoms with E-state index in [1.165, 1.54) is 32.1 Å². The van der Waals surface area contributed by atoms with Crippen molar-refractivity contribution in [3.63, 3.8) is 0 Å². The van der Waals surface area contributed by atoms with Crippen molar-refractivity contribution in [2.75, 3.05) is 32.8 Å². The van der Waals surface area contributed by atoms with Crippen LogP contribution in [0.3, 0.4) is 0 Å². The van der Waals surface area contributed by atoms with Gasteiger partial charge in [0.15, 0.2) is 0 Å². The Labute approximate surface area is 125 Å². The Balaban J connectivity index is 1.80. The van der Waals surface area contributed by atoms with Crippen molar-refractivity contribution in [1.29, 1.82) is 0 Å². The van der Waals surface area contributed by atoms with E-state index in [9.17, 15) is 0 Å². The largest absolute Gasteiger partial charge is 0.379 e. The van der Waals surface area contributed by atoms with Gasteiger partial charge in [0.25, 0.3) is 0 Å². The topological polar surface area (TPSA) is 24.5 Å². The number of rotatable bonds is 6. The Morgan fingerprint density at radius 1 is 1.20 bits per heavy atom. The second kappa shape index (κ2) is 8.35. The Bertz CT molecular complexity index is 264. The van der Waals surface area contributed by atoms with Crippen LogP contribution >= 0.6 is 0 Å². The van der Waals surface area contributed by atoms with Crippen LogP contribution in [0.25, 0.3) is 0 Å². The summed E-state index contributed by atoms with van der Waals surface area (Å²) in [4.78, 5) is 2.64. The third-order valence-corrected chi connectivity index (χ3v) is 4.88. The van der Waals surface area contributed by atoms with Gasteiger partial charge in [-0.3, -0.25) is 4.90 Å². The smallest absolute Gasteiger partial charge is 0.0594 e. The third kappa shape index (κ3) is 5.34. The highest BCUT2D eigenvalue weighted by atomic mass is 16.5. The van der Waals surface area contributed by atoms with E-state index < -0.39 is 0 Å². The molecule has 0 spiro atoms. The Kier molecular flexibility index (Phi) is 6.79. The molecule has 0 bridgehead atoms. The van der Waals surface area contributed by atoms with Gasteiger partial charge < -0.3 is 10.1 Å². The highest BCUT2D eigenvalue weighted by Gasteiger charge is 2.24. The summed E-state index contributed by atoms with van der Waals surface area (Å²) in [7, 11) is 0. The molecule has 1 heterocycles. The van der Waals surface area contributed by atoms with Crippen LogP contribution in [0.4, 0.5) is 0 Å². The summed E-state index contributed by atoms with van der Waals surface area (Å²) in [5.41, 5.74) is 0. The first-order chi connectivity index (χ1) is 9.65. The zero-order valence-corrected chi connectivity index (χ0v) is 13.7.